The lowest BCUT2D eigenvalue weighted by molar-refractivity contribution is 0.0141. The first-order chi connectivity index (χ1) is 28.0. The largest absolute Gasteiger partial charge is 0.444 e. The first-order valence-electron chi connectivity index (χ1n) is 18.7. The van der Waals surface area contributed by atoms with Gasteiger partial charge in [-0.25, -0.2) is 19.0 Å². The molecular formula is C41H45ClFIN10O5. The van der Waals surface area contributed by atoms with Crippen LogP contribution in [0.2, 0.25) is 5.02 Å². The summed E-state index contributed by atoms with van der Waals surface area (Å²) in [7, 11) is 1.63. The summed E-state index contributed by atoms with van der Waals surface area (Å²) >= 11 is 5.55. The van der Waals surface area contributed by atoms with Gasteiger partial charge in [0.2, 0.25) is 0 Å². The summed E-state index contributed by atoms with van der Waals surface area (Å²) < 4.78 is 29.6. The number of aromatic nitrogens is 5. The molecule has 0 saturated carbocycles. The van der Waals surface area contributed by atoms with Crippen LogP contribution in [-0.4, -0.2) is 101 Å². The number of amides is 5. The number of nitrogens with zero attached hydrogens (tertiary/aromatic N) is 7. The maximum atomic E-state index is 16.4. The highest BCUT2D eigenvalue weighted by Crippen LogP contribution is 2.36. The molecule has 1 fully saturated rings. The van der Waals surface area contributed by atoms with E-state index in [4.69, 9.17) is 16.3 Å². The highest BCUT2D eigenvalue weighted by Gasteiger charge is 2.29. The Morgan fingerprint density at radius 1 is 0.915 bits per heavy atom. The van der Waals surface area contributed by atoms with Crippen LogP contribution in [0.4, 0.5) is 25.4 Å². The van der Waals surface area contributed by atoms with Crippen LogP contribution in [0, 0.1) is 23.2 Å². The Labute approximate surface area is 356 Å². The third kappa shape index (κ3) is 10.1. The lowest BCUT2D eigenvalue weighted by Crippen LogP contribution is -2.51. The summed E-state index contributed by atoms with van der Waals surface area (Å²) in [6, 6.07) is 11.3. The van der Waals surface area contributed by atoms with Crippen molar-refractivity contribution in [3.05, 3.63) is 98.2 Å². The number of aryl methyl sites for hydroxylation is 2. The number of nitrogens with one attached hydrogen (secondary N) is 3. The zero-order valence-corrected chi connectivity index (χ0v) is 36.4. The van der Waals surface area contributed by atoms with Crippen molar-refractivity contribution in [3.63, 3.8) is 0 Å². The lowest BCUT2D eigenvalue weighted by atomic mass is 10.0. The summed E-state index contributed by atoms with van der Waals surface area (Å²) in [5.74, 6) is -1.27. The van der Waals surface area contributed by atoms with Crippen LogP contribution in [0.25, 0.3) is 22.4 Å². The van der Waals surface area contributed by atoms with Gasteiger partial charge in [-0.1, -0.05) is 42.9 Å². The van der Waals surface area contributed by atoms with E-state index in [0.29, 0.717) is 71.2 Å². The highest BCUT2D eigenvalue weighted by atomic mass is 127. The van der Waals surface area contributed by atoms with Gasteiger partial charge < -0.3 is 35.1 Å². The average molecular weight is 939 g/mol. The fourth-order valence-electron chi connectivity index (χ4n) is 6.40. The molecule has 0 aliphatic carbocycles. The van der Waals surface area contributed by atoms with E-state index in [1.54, 1.807) is 66.7 Å². The average Bonchev–Trinajstić information content (AvgIpc) is 3.75. The molecule has 5 aromatic rings. The molecule has 15 nitrogen and oxygen atoms in total. The van der Waals surface area contributed by atoms with E-state index >= 15 is 4.39 Å². The Balaban J connectivity index is 1.09. The number of carbonyl (C=O) groups is 4. The summed E-state index contributed by atoms with van der Waals surface area (Å²) in [6.07, 6.45) is 4.43. The molecule has 1 aliphatic heterocycles. The molecule has 5 amide bonds. The molecule has 4 heterocycles. The number of urea groups is 1. The van der Waals surface area contributed by atoms with Gasteiger partial charge >= 0.3 is 12.1 Å². The SMILES string of the molecule is C=Ic1c(-c2cn(CCNC(=O)Nc3ccc(C)nc3)nc2C)ccc(-c2cnc(C(=O)Nc3ccc(C(=O)N4CCN(C(=O)OC(C)(C)C)CC4)c(Cl)c3)n2C)c1F. The van der Waals surface area contributed by atoms with Crippen molar-refractivity contribution in [1.82, 2.24) is 39.4 Å². The number of imidazole rings is 1. The van der Waals surface area contributed by atoms with Gasteiger partial charge in [0.1, 0.15) is 11.4 Å². The van der Waals surface area contributed by atoms with Gasteiger partial charge in [-0.05, 0) is 71.0 Å². The number of hydrogen-bond donors (Lipinski definition) is 3. The summed E-state index contributed by atoms with van der Waals surface area (Å²) in [5, 5.41) is 13.1. The molecule has 310 valence electrons. The predicted octanol–water partition coefficient (Wildman–Crippen LogP) is 7.09. The van der Waals surface area contributed by atoms with Crippen molar-refractivity contribution in [3.8, 4) is 22.4 Å². The molecule has 1 saturated heterocycles. The number of rotatable bonds is 10. The molecule has 3 N–H and O–H groups in total. The van der Waals surface area contributed by atoms with Crippen molar-refractivity contribution in [2.24, 2.45) is 7.05 Å². The minimum Gasteiger partial charge on any atom is -0.444 e. The van der Waals surface area contributed by atoms with E-state index in [1.165, 1.54) is 22.9 Å². The van der Waals surface area contributed by atoms with Crippen molar-refractivity contribution in [2.75, 3.05) is 43.4 Å². The molecule has 0 radical (unpaired) electrons. The number of halogens is 3. The fourth-order valence-corrected chi connectivity index (χ4v) is 8.16. The van der Waals surface area contributed by atoms with Crippen LogP contribution < -0.4 is 16.0 Å². The van der Waals surface area contributed by atoms with E-state index in [0.717, 1.165) is 11.3 Å². The normalized spacial score (nSPS) is 12.9. The number of pyridine rings is 1. The zero-order chi connectivity index (χ0) is 42.6. The minimum absolute atomic E-state index is 0.0309. The van der Waals surface area contributed by atoms with Gasteiger partial charge in [0, 0.05) is 74.0 Å². The molecular weight excluding hydrogens is 894 g/mol. The molecule has 2 aromatic carbocycles. The number of benzene rings is 2. The monoisotopic (exact) mass is 938 g/mol. The van der Waals surface area contributed by atoms with Gasteiger partial charge in [0.05, 0.1) is 50.2 Å². The third-order valence-corrected chi connectivity index (χ3v) is 11.5. The molecule has 0 bridgehead atoms. The maximum Gasteiger partial charge on any atom is 0.410 e. The van der Waals surface area contributed by atoms with Gasteiger partial charge in [-0.15, -0.1) is 0 Å². The van der Waals surface area contributed by atoms with E-state index in [2.05, 4.69) is 35.5 Å². The van der Waals surface area contributed by atoms with Crippen molar-refractivity contribution < 1.29 is 28.3 Å². The molecule has 18 heteroatoms. The Morgan fingerprint density at radius 3 is 2.27 bits per heavy atom. The van der Waals surface area contributed by atoms with Gasteiger partial charge in [-0.2, -0.15) is 5.10 Å². The van der Waals surface area contributed by atoms with E-state index in [9.17, 15) is 19.2 Å². The number of hydrogen-bond acceptors (Lipinski definition) is 8. The fraction of sp³-hybridized carbons (Fsp3) is 0.317. The van der Waals surface area contributed by atoms with Crippen LogP contribution >= 0.6 is 32.3 Å². The molecule has 3 aromatic heterocycles. The summed E-state index contributed by atoms with van der Waals surface area (Å²) in [6.45, 7) is 11.1. The number of carbonyl (C=O) groups excluding carboxylic acids is 4. The maximum absolute atomic E-state index is 16.4. The Hall–Kier alpha value is -5.69. The number of piperazine rings is 1. The van der Waals surface area contributed by atoms with Gasteiger partial charge in [-0.3, -0.25) is 19.3 Å². The molecule has 59 heavy (non-hydrogen) atoms. The second-order valence-electron chi connectivity index (χ2n) is 14.8. The molecule has 0 unspecified atom stereocenters. The standard InChI is InChI=1S/C41H45ClFIN10O5/c1-24-8-9-27(21-46-24)49-39(57)45-14-15-54-23-31(25(2)50-54)28-12-13-30(34(43)35(28)44-6)33-22-47-36(51(33)7)37(55)48-26-10-11-29(32(42)20-26)38(56)52-16-18-53(19-17-52)40(58)59-41(3,4)5/h8-13,20-23H,6,14-19H2,1-5,7H3,(H,48,55)(H2,45,49,57). The second-order valence-corrected chi connectivity index (χ2v) is 17.1. The summed E-state index contributed by atoms with van der Waals surface area (Å²) in [4.78, 5) is 63.2. The minimum atomic E-state index is -0.997. The van der Waals surface area contributed by atoms with Crippen molar-refractivity contribution in [1.29, 1.82) is 0 Å². The van der Waals surface area contributed by atoms with Crippen molar-refractivity contribution >= 4 is 72.2 Å². The molecule has 0 spiro atoms. The predicted molar refractivity (Wildman–Crippen MR) is 234 cm³/mol. The van der Waals surface area contributed by atoms with E-state index in [-0.39, 0.29) is 33.9 Å². The van der Waals surface area contributed by atoms with Gasteiger partial charge in [0.25, 0.3) is 11.8 Å². The lowest BCUT2D eigenvalue weighted by Gasteiger charge is -2.35. The summed E-state index contributed by atoms with van der Waals surface area (Å²) in [5.41, 5.74) is 4.19. The quantitative estimate of drug-likeness (QED) is 0.125. The topological polar surface area (TPSA) is 169 Å². The van der Waals surface area contributed by atoms with Gasteiger partial charge in [0.15, 0.2) is 5.82 Å². The molecule has 1 aliphatic rings. The second kappa shape index (κ2) is 18.1. The smallest absolute Gasteiger partial charge is 0.410 e. The molecule has 0 atom stereocenters. The Kier molecular flexibility index (Phi) is 13.1. The first kappa shape index (κ1) is 42.9. The zero-order valence-electron chi connectivity index (χ0n) is 33.5. The first-order valence-corrected chi connectivity index (χ1v) is 21.6. The Bertz CT molecular complexity index is 2420. The van der Waals surface area contributed by atoms with Crippen LogP contribution in [0.5, 0.6) is 0 Å². The highest BCUT2D eigenvalue weighted by molar-refractivity contribution is 14.2. The van der Waals surface area contributed by atoms with E-state index < -0.39 is 44.1 Å². The van der Waals surface area contributed by atoms with Crippen LogP contribution in [0.1, 0.15) is 53.1 Å². The number of ether oxygens (including phenoxy) is 1. The number of anilines is 2. The third-order valence-electron chi connectivity index (χ3n) is 9.39. The van der Waals surface area contributed by atoms with Crippen LogP contribution in [-0.2, 0) is 18.3 Å². The van der Waals surface area contributed by atoms with Crippen molar-refractivity contribution in [2.45, 2.75) is 46.8 Å². The Morgan fingerprint density at radius 2 is 1.61 bits per heavy atom. The van der Waals surface area contributed by atoms with E-state index in [1.807, 2.05) is 32.2 Å². The van der Waals surface area contributed by atoms with Crippen LogP contribution in [0.15, 0.2) is 61.1 Å². The van der Waals surface area contributed by atoms with Crippen LogP contribution in [0.3, 0.4) is 0 Å². The molecule has 6 rings (SSSR count).